The van der Waals surface area contributed by atoms with Gasteiger partial charge in [0, 0.05) is 0 Å². The molecule has 0 aromatic carbocycles. The first-order valence-electron chi connectivity index (χ1n) is 3.17. The minimum Gasteiger partial charge on any atom is -0.446 e. The van der Waals surface area contributed by atoms with Crippen LogP contribution in [0.4, 0.5) is 4.79 Å². The lowest BCUT2D eigenvalue weighted by atomic mass is 10.5. The minimum atomic E-state index is -0.395. The third-order valence-corrected chi connectivity index (χ3v) is 1.29. The van der Waals surface area contributed by atoms with Crippen molar-refractivity contribution in [1.29, 1.82) is 0 Å². The summed E-state index contributed by atoms with van der Waals surface area (Å²) >= 11 is -0.395. The molecular weight excluding hydrogens is 150 g/mol. The van der Waals surface area contributed by atoms with Gasteiger partial charge in [-0.1, -0.05) is 0 Å². The lowest BCUT2D eigenvalue weighted by molar-refractivity contribution is 0.122. The molecule has 0 saturated heterocycles. The number of thiol groups is 1. The van der Waals surface area contributed by atoms with E-state index in [1.165, 1.54) is 0 Å². The fourth-order valence-electron chi connectivity index (χ4n) is 0.423. The molecule has 0 bridgehead atoms. The van der Waals surface area contributed by atoms with Gasteiger partial charge in [0.05, 0.1) is 6.10 Å². The van der Waals surface area contributed by atoms with Crippen LogP contribution < -0.4 is 4.72 Å². The maximum absolute atomic E-state index is 10.7. The molecule has 0 heterocycles. The summed E-state index contributed by atoms with van der Waals surface area (Å²) in [6.07, 6.45) is 3.56. The number of hydrogen-bond acceptors (Lipinski definition) is 2. The summed E-state index contributed by atoms with van der Waals surface area (Å²) in [5, 5.41) is 0. The van der Waals surface area contributed by atoms with Gasteiger partial charge in [0.1, 0.15) is 0 Å². The molecule has 1 N–H and O–H groups in total. The van der Waals surface area contributed by atoms with Crippen molar-refractivity contribution in [2.75, 3.05) is 12.5 Å². The number of rotatable bonds is 2. The summed E-state index contributed by atoms with van der Waals surface area (Å²) in [5.41, 5.74) is 0. The summed E-state index contributed by atoms with van der Waals surface area (Å²) in [4.78, 5) is 10.7. The second kappa shape index (κ2) is 4.44. The van der Waals surface area contributed by atoms with E-state index in [0.29, 0.717) is 0 Å². The second-order valence-corrected chi connectivity index (χ2v) is 4.47. The summed E-state index contributed by atoms with van der Waals surface area (Å²) in [6, 6.07) is 0. The van der Waals surface area contributed by atoms with Crippen molar-refractivity contribution in [3.63, 3.8) is 0 Å². The highest BCUT2D eigenvalue weighted by Crippen LogP contribution is 2.05. The average Bonchev–Trinajstić information content (AvgIpc) is 1.58. The SMILES string of the molecule is CC(C)OC(=O)N[SH](C)C. The van der Waals surface area contributed by atoms with Crippen molar-refractivity contribution in [3.05, 3.63) is 0 Å². The molecule has 0 aliphatic carbocycles. The third kappa shape index (κ3) is 5.75. The predicted octanol–water partition coefficient (Wildman–Crippen LogP) is 1.30. The van der Waals surface area contributed by atoms with E-state index >= 15 is 0 Å². The summed E-state index contributed by atoms with van der Waals surface area (Å²) in [5.74, 6) is 0. The first-order chi connectivity index (χ1) is 4.52. The van der Waals surface area contributed by atoms with E-state index in [4.69, 9.17) is 4.74 Å². The molecule has 0 fully saturated rings. The number of hydrogen-bond donors (Lipinski definition) is 2. The van der Waals surface area contributed by atoms with Gasteiger partial charge in [-0.2, -0.15) is 11.1 Å². The van der Waals surface area contributed by atoms with Gasteiger partial charge in [-0.05, 0) is 26.4 Å². The molecule has 1 amide bonds. The van der Waals surface area contributed by atoms with Crippen molar-refractivity contribution in [1.82, 2.24) is 4.72 Å². The quantitative estimate of drug-likeness (QED) is 0.605. The smallest absolute Gasteiger partial charge is 0.415 e. The molecule has 10 heavy (non-hydrogen) atoms. The molecule has 0 unspecified atom stereocenters. The van der Waals surface area contributed by atoms with Crippen molar-refractivity contribution >= 4 is 17.2 Å². The molecule has 0 aliphatic rings. The summed E-state index contributed by atoms with van der Waals surface area (Å²) in [6.45, 7) is 3.65. The molecule has 0 aromatic rings. The zero-order valence-corrected chi connectivity index (χ0v) is 7.74. The Morgan fingerprint density at radius 3 is 2.30 bits per heavy atom. The van der Waals surface area contributed by atoms with Crippen molar-refractivity contribution in [2.45, 2.75) is 20.0 Å². The van der Waals surface area contributed by atoms with Crippen LogP contribution in [0.3, 0.4) is 0 Å². The third-order valence-electron chi connectivity index (χ3n) is 0.658. The molecule has 0 atom stereocenters. The van der Waals surface area contributed by atoms with E-state index in [-0.39, 0.29) is 12.2 Å². The minimum absolute atomic E-state index is 0.0325. The fourth-order valence-corrected chi connectivity index (χ4v) is 0.841. The lowest BCUT2D eigenvalue weighted by Crippen LogP contribution is -2.23. The van der Waals surface area contributed by atoms with E-state index in [0.717, 1.165) is 0 Å². The van der Waals surface area contributed by atoms with Gasteiger partial charge < -0.3 is 4.74 Å². The van der Waals surface area contributed by atoms with Gasteiger partial charge in [-0.3, -0.25) is 4.72 Å². The van der Waals surface area contributed by atoms with Crippen LogP contribution in [0.2, 0.25) is 0 Å². The molecule has 4 heteroatoms. The van der Waals surface area contributed by atoms with Crippen LogP contribution in [0, 0.1) is 0 Å². The topological polar surface area (TPSA) is 38.3 Å². The molecule has 0 aromatic heterocycles. The maximum Gasteiger partial charge on any atom is 0.415 e. The first-order valence-corrected chi connectivity index (χ1v) is 5.40. The van der Waals surface area contributed by atoms with Crippen LogP contribution in [-0.4, -0.2) is 24.7 Å². The molecule has 0 saturated carbocycles. The fraction of sp³-hybridized carbons (Fsp3) is 0.833. The zero-order valence-electron chi connectivity index (χ0n) is 6.84. The number of ether oxygens (including phenoxy) is 1. The van der Waals surface area contributed by atoms with Crippen LogP contribution in [-0.2, 0) is 4.74 Å². The highest BCUT2D eigenvalue weighted by atomic mass is 32.2. The zero-order chi connectivity index (χ0) is 8.15. The molecule has 0 spiro atoms. The Kier molecular flexibility index (Phi) is 4.27. The number of nitrogens with one attached hydrogen (secondary N) is 1. The highest BCUT2D eigenvalue weighted by Gasteiger charge is 2.03. The maximum atomic E-state index is 10.7. The number of carbonyl (C=O) groups is 1. The van der Waals surface area contributed by atoms with Crippen molar-refractivity contribution in [2.24, 2.45) is 0 Å². The predicted molar refractivity (Wildman–Crippen MR) is 45.6 cm³/mol. The van der Waals surface area contributed by atoms with Gasteiger partial charge >= 0.3 is 6.09 Å². The molecule has 0 aliphatic heterocycles. The van der Waals surface area contributed by atoms with Gasteiger partial charge in [-0.15, -0.1) is 0 Å². The Balaban J connectivity index is 3.44. The van der Waals surface area contributed by atoms with Crippen LogP contribution in [0.1, 0.15) is 13.8 Å². The Hall–Kier alpha value is -0.380. The Bertz CT molecular complexity index is 102. The van der Waals surface area contributed by atoms with E-state index < -0.39 is 11.1 Å². The number of amides is 1. The first kappa shape index (κ1) is 9.62. The van der Waals surface area contributed by atoms with Crippen LogP contribution >= 0.6 is 11.1 Å². The second-order valence-electron chi connectivity index (χ2n) is 2.46. The van der Waals surface area contributed by atoms with Crippen LogP contribution in [0.15, 0.2) is 0 Å². The van der Waals surface area contributed by atoms with Crippen molar-refractivity contribution < 1.29 is 9.53 Å². The summed E-state index contributed by atoms with van der Waals surface area (Å²) < 4.78 is 7.50. The lowest BCUT2D eigenvalue weighted by Gasteiger charge is -2.13. The normalized spacial score (nSPS) is 11.1. The molecular formula is C6H15NO2S. The van der Waals surface area contributed by atoms with Crippen molar-refractivity contribution in [3.8, 4) is 0 Å². The van der Waals surface area contributed by atoms with E-state index in [1.54, 1.807) is 0 Å². The van der Waals surface area contributed by atoms with Crippen LogP contribution in [0.5, 0.6) is 0 Å². The Morgan fingerprint density at radius 1 is 1.50 bits per heavy atom. The van der Waals surface area contributed by atoms with E-state index in [9.17, 15) is 4.79 Å². The van der Waals surface area contributed by atoms with Gasteiger partial charge in [0.2, 0.25) is 0 Å². The Morgan fingerprint density at radius 2 is 2.00 bits per heavy atom. The van der Waals surface area contributed by atoms with E-state index in [2.05, 4.69) is 4.72 Å². The van der Waals surface area contributed by atoms with Gasteiger partial charge in [0.15, 0.2) is 0 Å². The largest absolute Gasteiger partial charge is 0.446 e. The van der Waals surface area contributed by atoms with Crippen LogP contribution in [0.25, 0.3) is 0 Å². The monoisotopic (exact) mass is 165 g/mol. The average molecular weight is 165 g/mol. The molecule has 62 valence electrons. The molecule has 0 rings (SSSR count). The molecule has 3 nitrogen and oxygen atoms in total. The standard InChI is InChI=1S/C6H15NO2S/c1-5(2)9-6(8)7-10(3)4/h5,10H,1-4H3,(H,7,8). The number of carbonyl (C=O) groups excluding carboxylic acids is 1. The van der Waals surface area contributed by atoms with E-state index in [1.807, 2.05) is 26.4 Å². The highest BCUT2D eigenvalue weighted by molar-refractivity contribution is 8.14. The molecule has 0 radical (unpaired) electrons. The Labute approximate surface area is 64.6 Å². The summed E-state index contributed by atoms with van der Waals surface area (Å²) in [7, 11) is 0. The van der Waals surface area contributed by atoms with Gasteiger partial charge in [0.25, 0.3) is 0 Å². The van der Waals surface area contributed by atoms with Gasteiger partial charge in [-0.25, -0.2) is 4.79 Å².